The van der Waals surface area contributed by atoms with Crippen LogP contribution in [0.15, 0.2) is 30.3 Å². The molecule has 1 N–H and O–H groups in total. The summed E-state index contributed by atoms with van der Waals surface area (Å²) in [4.78, 5) is 12.4. The predicted octanol–water partition coefficient (Wildman–Crippen LogP) is 2.82. The Morgan fingerprint density at radius 3 is 2.30 bits per heavy atom. The molecule has 2 atom stereocenters. The molecule has 0 fully saturated rings. The molecule has 0 bridgehead atoms. The van der Waals surface area contributed by atoms with Gasteiger partial charge in [-0.2, -0.15) is 5.10 Å². The number of rotatable bonds is 3. The summed E-state index contributed by atoms with van der Waals surface area (Å²) in [5.74, 6) is -0.737. The van der Waals surface area contributed by atoms with E-state index in [1.54, 1.807) is 6.92 Å². The Morgan fingerprint density at radius 1 is 1.20 bits per heavy atom. The first-order chi connectivity index (χ1) is 9.40. The second kappa shape index (κ2) is 5.59. The summed E-state index contributed by atoms with van der Waals surface area (Å²) >= 11 is 0. The molecule has 0 aliphatic carbocycles. The molecule has 2 aromatic rings. The first-order valence-electron chi connectivity index (χ1n) is 6.72. The average Bonchev–Trinajstić information content (AvgIpc) is 2.76. The summed E-state index contributed by atoms with van der Waals surface area (Å²) in [6.07, 6.45) is -0.827. The predicted molar refractivity (Wildman–Crippen MR) is 77.6 cm³/mol. The molecule has 0 unspecified atom stereocenters. The maximum Gasteiger partial charge on any atom is 0.252 e. The van der Waals surface area contributed by atoms with Crippen LogP contribution in [0.5, 0.6) is 0 Å². The molecule has 2 rings (SSSR count). The number of hydrogen-bond donors (Lipinski definition) is 1. The van der Waals surface area contributed by atoms with Crippen LogP contribution in [0.25, 0.3) is 0 Å². The molecule has 0 radical (unpaired) electrons. The number of carbonyl (C=O) groups excluding carboxylic acids is 1. The fraction of sp³-hybridized carbons (Fsp3) is 0.375. The van der Waals surface area contributed by atoms with E-state index in [4.69, 9.17) is 0 Å². The summed E-state index contributed by atoms with van der Waals surface area (Å²) in [5, 5.41) is 14.5. The second-order valence-electron chi connectivity index (χ2n) is 5.32. The molecule has 0 aliphatic rings. The van der Waals surface area contributed by atoms with E-state index in [-0.39, 0.29) is 5.91 Å². The zero-order chi connectivity index (χ0) is 14.9. The maximum absolute atomic E-state index is 12.4. The third kappa shape index (κ3) is 2.80. The molecular weight excluding hydrogens is 252 g/mol. The summed E-state index contributed by atoms with van der Waals surface area (Å²) in [6.45, 7) is 7.39. The van der Waals surface area contributed by atoms with Gasteiger partial charge in [-0.05, 0) is 32.4 Å². The molecule has 4 heteroatoms. The lowest BCUT2D eigenvalue weighted by Crippen LogP contribution is -2.26. The van der Waals surface area contributed by atoms with Gasteiger partial charge in [0.2, 0.25) is 0 Å². The zero-order valence-corrected chi connectivity index (χ0v) is 12.3. The van der Waals surface area contributed by atoms with E-state index in [1.165, 1.54) is 4.68 Å². The van der Waals surface area contributed by atoms with Crippen molar-refractivity contribution < 1.29 is 9.90 Å². The van der Waals surface area contributed by atoms with E-state index in [0.717, 1.165) is 22.5 Å². The minimum atomic E-state index is -0.827. The minimum absolute atomic E-state index is 0.191. The van der Waals surface area contributed by atoms with Gasteiger partial charge < -0.3 is 5.11 Å². The fourth-order valence-electron chi connectivity index (χ4n) is 2.23. The van der Waals surface area contributed by atoms with Crippen LogP contribution in [-0.4, -0.2) is 20.8 Å². The highest BCUT2D eigenvalue weighted by Crippen LogP contribution is 2.24. The molecular formula is C16H20N2O2. The van der Waals surface area contributed by atoms with Crippen molar-refractivity contribution in [1.82, 2.24) is 9.78 Å². The number of aromatic nitrogens is 2. The van der Waals surface area contributed by atoms with Crippen LogP contribution in [0.4, 0.5) is 0 Å². The molecule has 0 spiro atoms. The van der Waals surface area contributed by atoms with Crippen molar-refractivity contribution in [2.24, 2.45) is 5.92 Å². The number of benzene rings is 1. The maximum atomic E-state index is 12.4. The van der Waals surface area contributed by atoms with E-state index in [2.05, 4.69) is 5.10 Å². The van der Waals surface area contributed by atoms with Crippen molar-refractivity contribution in [1.29, 1.82) is 0 Å². The van der Waals surface area contributed by atoms with Crippen LogP contribution in [0.3, 0.4) is 0 Å². The molecule has 1 heterocycles. The zero-order valence-electron chi connectivity index (χ0n) is 12.3. The van der Waals surface area contributed by atoms with Crippen LogP contribution in [0.1, 0.15) is 40.3 Å². The van der Waals surface area contributed by atoms with Crippen LogP contribution in [-0.2, 0) is 0 Å². The second-order valence-corrected chi connectivity index (χ2v) is 5.32. The molecule has 4 nitrogen and oxygen atoms in total. The Morgan fingerprint density at radius 2 is 1.80 bits per heavy atom. The van der Waals surface area contributed by atoms with E-state index < -0.39 is 12.0 Å². The first-order valence-corrected chi connectivity index (χ1v) is 6.72. The highest BCUT2D eigenvalue weighted by Gasteiger charge is 2.26. The van der Waals surface area contributed by atoms with Crippen molar-refractivity contribution in [3.63, 3.8) is 0 Å². The van der Waals surface area contributed by atoms with E-state index in [9.17, 15) is 9.90 Å². The number of aliphatic hydroxyl groups excluding tert-OH is 1. The van der Waals surface area contributed by atoms with Gasteiger partial charge >= 0.3 is 0 Å². The highest BCUT2D eigenvalue weighted by atomic mass is 16.3. The highest BCUT2D eigenvalue weighted by molar-refractivity contribution is 5.81. The number of hydrogen-bond acceptors (Lipinski definition) is 3. The molecule has 106 valence electrons. The number of aryl methyl sites for hydroxylation is 3. The Bertz CT molecular complexity index is 614. The lowest BCUT2D eigenvalue weighted by atomic mass is 9.96. The molecule has 0 amide bonds. The third-order valence-corrected chi connectivity index (χ3v) is 3.50. The Labute approximate surface area is 119 Å². The topological polar surface area (TPSA) is 55.1 Å². The lowest BCUT2D eigenvalue weighted by molar-refractivity contribution is 0.0610. The van der Waals surface area contributed by atoms with Crippen molar-refractivity contribution >= 4 is 5.91 Å². The summed E-state index contributed by atoms with van der Waals surface area (Å²) in [6, 6.07) is 9.41. The molecule has 0 saturated carbocycles. The van der Waals surface area contributed by atoms with Crippen LogP contribution < -0.4 is 0 Å². The van der Waals surface area contributed by atoms with E-state index in [0.29, 0.717) is 0 Å². The normalized spacial score (nSPS) is 14.1. The number of carbonyl (C=O) groups is 1. The largest absolute Gasteiger partial charge is 0.388 e. The Balaban J connectivity index is 2.22. The van der Waals surface area contributed by atoms with Crippen LogP contribution in [0.2, 0.25) is 0 Å². The lowest BCUT2D eigenvalue weighted by Gasteiger charge is -2.18. The monoisotopic (exact) mass is 272 g/mol. The van der Waals surface area contributed by atoms with Gasteiger partial charge in [0.05, 0.1) is 17.7 Å². The van der Waals surface area contributed by atoms with Crippen molar-refractivity contribution in [2.45, 2.75) is 33.8 Å². The van der Waals surface area contributed by atoms with Gasteiger partial charge in [0, 0.05) is 5.69 Å². The SMILES string of the molecule is Cc1ccc([C@@H](O)[C@H](C)C(=O)n2nc(C)cc2C)cc1. The molecule has 1 aromatic carbocycles. The van der Waals surface area contributed by atoms with Gasteiger partial charge in [-0.3, -0.25) is 4.79 Å². The number of aliphatic hydroxyl groups is 1. The van der Waals surface area contributed by atoms with Gasteiger partial charge in [-0.1, -0.05) is 36.8 Å². The van der Waals surface area contributed by atoms with Crippen LogP contribution >= 0.6 is 0 Å². The van der Waals surface area contributed by atoms with Gasteiger partial charge in [0.1, 0.15) is 0 Å². The summed E-state index contributed by atoms with van der Waals surface area (Å²) < 4.78 is 1.37. The van der Waals surface area contributed by atoms with Gasteiger partial charge in [-0.15, -0.1) is 0 Å². The molecule has 1 aromatic heterocycles. The minimum Gasteiger partial charge on any atom is -0.388 e. The van der Waals surface area contributed by atoms with Gasteiger partial charge in [0.25, 0.3) is 5.91 Å². The molecule has 0 aliphatic heterocycles. The van der Waals surface area contributed by atoms with Crippen molar-refractivity contribution in [3.8, 4) is 0 Å². The van der Waals surface area contributed by atoms with Crippen LogP contribution in [0, 0.1) is 26.7 Å². The molecule has 0 saturated heterocycles. The van der Waals surface area contributed by atoms with Gasteiger partial charge in [-0.25, -0.2) is 4.68 Å². The Kier molecular flexibility index (Phi) is 4.04. The van der Waals surface area contributed by atoms with Crippen molar-refractivity contribution in [2.75, 3.05) is 0 Å². The third-order valence-electron chi connectivity index (χ3n) is 3.50. The fourth-order valence-corrected chi connectivity index (χ4v) is 2.23. The van der Waals surface area contributed by atoms with E-state index in [1.807, 2.05) is 51.1 Å². The average molecular weight is 272 g/mol. The summed E-state index contributed by atoms with van der Waals surface area (Å²) in [7, 11) is 0. The molecule has 20 heavy (non-hydrogen) atoms. The standard InChI is InChI=1S/C16H20N2O2/c1-10-5-7-14(8-6-10)15(19)13(4)16(20)18-12(3)9-11(2)17-18/h5-9,13,15,19H,1-4H3/t13-,15-/m0/s1. The smallest absolute Gasteiger partial charge is 0.252 e. The van der Waals surface area contributed by atoms with Gasteiger partial charge in [0.15, 0.2) is 0 Å². The number of nitrogens with zero attached hydrogens (tertiary/aromatic N) is 2. The van der Waals surface area contributed by atoms with Crippen molar-refractivity contribution in [3.05, 3.63) is 52.8 Å². The van der Waals surface area contributed by atoms with E-state index >= 15 is 0 Å². The summed E-state index contributed by atoms with van der Waals surface area (Å²) in [5.41, 5.74) is 3.46. The Hall–Kier alpha value is -1.94. The quantitative estimate of drug-likeness (QED) is 0.934. The first kappa shape index (κ1) is 14.5.